The summed E-state index contributed by atoms with van der Waals surface area (Å²) in [5.74, 6) is -0.188. The molecule has 0 radical (unpaired) electrons. The van der Waals surface area contributed by atoms with Crippen LogP contribution in [0.3, 0.4) is 0 Å². The van der Waals surface area contributed by atoms with Gasteiger partial charge in [-0.15, -0.1) is 10.2 Å². The van der Waals surface area contributed by atoms with Crippen LogP contribution >= 0.6 is 0 Å². The SMILES string of the molecule is CC(=O)CN(C)C(=O)OCc1cccc2nnc([C@@H](COCc3ccccc3-c3cccnc3)NC(=O)C(C)(C)N)n12. The average Bonchev–Trinajstić information content (AvgIpc) is 3.40. The van der Waals surface area contributed by atoms with Gasteiger partial charge < -0.3 is 25.4 Å². The maximum absolute atomic E-state index is 13.0. The number of benzene rings is 1. The van der Waals surface area contributed by atoms with Crippen LogP contribution in [0.5, 0.6) is 0 Å². The molecule has 42 heavy (non-hydrogen) atoms. The molecule has 12 nitrogen and oxygen atoms in total. The number of hydrogen-bond acceptors (Lipinski definition) is 9. The van der Waals surface area contributed by atoms with Crippen LogP contribution in [0.2, 0.25) is 0 Å². The molecule has 0 aliphatic rings. The molecule has 0 saturated carbocycles. The number of Topliss-reactive ketones (excluding diaryl/α,β-unsaturated/α-hetero) is 1. The molecule has 220 valence electrons. The van der Waals surface area contributed by atoms with E-state index in [4.69, 9.17) is 15.2 Å². The van der Waals surface area contributed by atoms with Crippen LogP contribution in [0.4, 0.5) is 4.79 Å². The van der Waals surface area contributed by atoms with E-state index in [9.17, 15) is 14.4 Å². The molecule has 0 saturated heterocycles. The van der Waals surface area contributed by atoms with Crippen molar-refractivity contribution in [2.24, 2.45) is 5.73 Å². The number of hydrogen-bond donors (Lipinski definition) is 2. The standard InChI is InChI=1S/C30H35N7O5/c1-20(38)16-36(4)29(40)42-18-23-11-7-13-26-34-35-27(37(23)26)25(33-28(39)30(2,3)31)19-41-17-22-9-5-6-12-24(22)21-10-8-14-32-15-21/h5-15,25H,16-19,31H2,1-4H3,(H,33,39)/t25-/m1/s1. The summed E-state index contributed by atoms with van der Waals surface area (Å²) in [6.07, 6.45) is 2.86. The molecule has 0 unspecified atom stereocenters. The van der Waals surface area contributed by atoms with Crippen molar-refractivity contribution in [3.05, 3.63) is 84.1 Å². The molecule has 4 aromatic rings. The first-order valence-corrected chi connectivity index (χ1v) is 13.4. The van der Waals surface area contributed by atoms with Gasteiger partial charge in [0.25, 0.3) is 0 Å². The van der Waals surface area contributed by atoms with Crippen LogP contribution in [0.15, 0.2) is 67.0 Å². The van der Waals surface area contributed by atoms with Gasteiger partial charge in [0.1, 0.15) is 18.4 Å². The number of nitrogens with two attached hydrogens (primary N) is 1. The van der Waals surface area contributed by atoms with E-state index in [1.165, 1.54) is 18.9 Å². The number of nitrogens with zero attached hydrogens (tertiary/aromatic N) is 5. The molecular formula is C30H35N7O5. The molecule has 1 aromatic carbocycles. The molecule has 0 bridgehead atoms. The Morgan fingerprint density at radius 3 is 2.55 bits per heavy atom. The highest BCUT2D eigenvalue weighted by Crippen LogP contribution is 2.24. The van der Waals surface area contributed by atoms with Crippen LogP contribution in [0, 0.1) is 0 Å². The number of carbonyl (C=O) groups is 3. The third kappa shape index (κ3) is 7.53. The van der Waals surface area contributed by atoms with Crippen molar-refractivity contribution >= 4 is 23.4 Å². The minimum atomic E-state index is -1.16. The van der Waals surface area contributed by atoms with Crippen molar-refractivity contribution < 1.29 is 23.9 Å². The normalized spacial score (nSPS) is 12.1. The Morgan fingerprint density at radius 2 is 1.83 bits per heavy atom. The molecule has 3 N–H and O–H groups in total. The highest BCUT2D eigenvalue weighted by Gasteiger charge is 2.29. The zero-order valence-electron chi connectivity index (χ0n) is 24.1. The van der Waals surface area contributed by atoms with E-state index in [2.05, 4.69) is 20.5 Å². The summed E-state index contributed by atoms with van der Waals surface area (Å²) in [4.78, 5) is 42.2. The Labute approximate surface area is 243 Å². The van der Waals surface area contributed by atoms with E-state index in [0.29, 0.717) is 17.2 Å². The molecule has 2 amide bonds. The van der Waals surface area contributed by atoms with Gasteiger partial charge >= 0.3 is 6.09 Å². The Kier molecular flexibility index (Phi) is 9.60. The quantitative estimate of drug-likeness (QED) is 0.260. The first kappa shape index (κ1) is 30.3. The number of pyridine rings is 2. The summed E-state index contributed by atoms with van der Waals surface area (Å²) in [7, 11) is 1.48. The van der Waals surface area contributed by atoms with Gasteiger partial charge in [-0.25, -0.2) is 4.79 Å². The summed E-state index contributed by atoms with van der Waals surface area (Å²) < 4.78 is 13.3. The average molecular weight is 574 g/mol. The largest absolute Gasteiger partial charge is 0.443 e. The number of carbonyl (C=O) groups excluding carboxylic acids is 3. The maximum Gasteiger partial charge on any atom is 0.410 e. The van der Waals surface area contributed by atoms with E-state index < -0.39 is 23.6 Å². The van der Waals surface area contributed by atoms with E-state index in [0.717, 1.165) is 16.7 Å². The first-order valence-electron chi connectivity index (χ1n) is 13.4. The monoisotopic (exact) mass is 573 g/mol. The van der Waals surface area contributed by atoms with Crippen molar-refractivity contribution in [3.63, 3.8) is 0 Å². The van der Waals surface area contributed by atoms with E-state index in [1.54, 1.807) is 48.8 Å². The lowest BCUT2D eigenvalue weighted by Crippen LogP contribution is -2.51. The highest BCUT2D eigenvalue weighted by atomic mass is 16.6. The fraction of sp³-hybridized carbons (Fsp3) is 0.333. The van der Waals surface area contributed by atoms with Crippen molar-refractivity contribution in [1.82, 2.24) is 29.8 Å². The van der Waals surface area contributed by atoms with Gasteiger partial charge in [-0.2, -0.15) is 0 Å². The number of likely N-dealkylation sites (N-methyl/N-ethyl adjacent to an activating group) is 1. The van der Waals surface area contributed by atoms with E-state index in [1.807, 2.05) is 36.4 Å². The van der Waals surface area contributed by atoms with E-state index >= 15 is 0 Å². The Hall–Kier alpha value is -4.68. The lowest BCUT2D eigenvalue weighted by atomic mass is 10.0. The van der Waals surface area contributed by atoms with Crippen LogP contribution < -0.4 is 11.1 Å². The van der Waals surface area contributed by atoms with Crippen molar-refractivity contribution in [3.8, 4) is 11.1 Å². The van der Waals surface area contributed by atoms with Crippen LogP contribution in [0.25, 0.3) is 16.8 Å². The number of ketones is 1. The lowest BCUT2D eigenvalue weighted by molar-refractivity contribution is -0.126. The minimum Gasteiger partial charge on any atom is -0.443 e. The predicted molar refractivity (Wildman–Crippen MR) is 155 cm³/mol. The summed E-state index contributed by atoms with van der Waals surface area (Å²) in [6.45, 7) is 4.73. The fourth-order valence-corrected chi connectivity index (χ4v) is 4.28. The molecular weight excluding hydrogens is 538 g/mol. The molecule has 3 heterocycles. The molecule has 12 heteroatoms. The molecule has 1 atom stereocenters. The molecule has 0 fully saturated rings. The summed E-state index contributed by atoms with van der Waals surface area (Å²) in [5.41, 5.74) is 8.87. The smallest absolute Gasteiger partial charge is 0.410 e. The Balaban J connectivity index is 1.59. The van der Waals surface area contributed by atoms with Gasteiger partial charge in [-0.3, -0.25) is 19.0 Å². The van der Waals surface area contributed by atoms with Crippen LogP contribution in [-0.2, 0) is 32.3 Å². The van der Waals surface area contributed by atoms with Crippen molar-refractivity contribution in [1.29, 1.82) is 0 Å². The number of aromatic nitrogens is 4. The second kappa shape index (κ2) is 13.3. The van der Waals surface area contributed by atoms with Gasteiger partial charge in [0.15, 0.2) is 11.5 Å². The van der Waals surface area contributed by atoms with Gasteiger partial charge in [-0.1, -0.05) is 36.4 Å². The highest BCUT2D eigenvalue weighted by molar-refractivity contribution is 5.85. The third-order valence-electron chi connectivity index (χ3n) is 6.38. The Morgan fingerprint density at radius 1 is 1.05 bits per heavy atom. The topological polar surface area (TPSA) is 154 Å². The lowest BCUT2D eigenvalue weighted by Gasteiger charge is -2.24. The van der Waals surface area contributed by atoms with Gasteiger partial charge in [0.05, 0.1) is 31.0 Å². The van der Waals surface area contributed by atoms with Gasteiger partial charge in [0.2, 0.25) is 5.91 Å². The number of ether oxygens (including phenoxy) is 2. The number of nitrogens with one attached hydrogen (secondary N) is 1. The summed E-state index contributed by atoms with van der Waals surface area (Å²) in [6, 6.07) is 16.2. The van der Waals surface area contributed by atoms with Gasteiger partial charge in [-0.05, 0) is 50.1 Å². The van der Waals surface area contributed by atoms with E-state index in [-0.39, 0.29) is 32.1 Å². The molecule has 0 aliphatic carbocycles. The summed E-state index contributed by atoms with van der Waals surface area (Å²) >= 11 is 0. The molecule has 0 spiro atoms. The molecule has 4 rings (SSSR count). The van der Waals surface area contributed by atoms with Crippen LogP contribution in [0.1, 0.15) is 43.9 Å². The third-order valence-corrected chi connectivity index (χ3v) is 6.38. The zero-order valence-corrected chi connectivity index (χ0v) is 24.1. The molecule has 0 aliphatic heterocycles. The summed E-state index contributed by atoms with van der Waals surface area (Å²) in [5, 5.41) is 11.6. The van der Waals surface area contributed by atoms with Crippen molar-refractivity contribution in [2.75, 3.05) is 20.2 Å². The second-order valence-corrected chi connectivity index (χ2v) is 10.5. The first-order chi connectivity index (χ1) is 20.0. The molecule has 3 aromatic heterocycles. The van der Waals surface area contributed by atoms with Gasteiger partial charge in [0, 0.05) is 25.0 Å². The number of rotatable bonds is 12. The van der Waals surface area contributed by atoms with Crippen LogP contribution in [-0.4, -0.2) is 68.0 Å². The minimum absolute atomic E-state index is 0.0550. The predicted octanol–water partition coefficient (Wildman–Crippen LogP) is 3.06. The number of amides is 2. The number of fused-ring (bicyclic) bond motifs is 1. The second-order valence-electron chi connectivity index (χ2n) is 10.5. The Bertz CT molecular complexity index is 1550. The zero-order chi connectivity index (χ0) is 30.3. The van der Waals surface area contributed by atoms with Crippen molar-refractivity contribution in [2.45, 2.75) is 45.6 Å². The maximum atomic E-state index is 13.0. The fourth-order valence-electron chi connectivity index (χ4n) is 4.28.